The molecule has 0 amide bonds. The molecule has 0 unspecified atom stereocenters. The van der Waals surface area contributed by atoms with Crippen LogP contribution in [0.15, 0.2) is 6.07 Å². The average Bonchev–Trinajstić information content (AvgIpc) is 2.95. The quantitative estimate of drug-likeness (QED) is 0.726. The van der Waals surface area contributed by atoms with Gasteiger partial charge in [-0.05, 0) is 70.8 Å². The van der Waals surface area contributed by atoms with E-state index in [-0.39, 0.29) is 11.9 Å². The zero-order valence-electron chi connectivity index (χ0n) is 14.0. The van der Waals surface area contributed by atoms with E-state index in [1.54, 1.807) is 0 Å². The fourth-order valence-electron chi connectivity index (χ4n) is 3.01. The third-order valence-corrected chi connectivity index (χ3v) is 4.72. The molecule has 4 heteroatoms. The minimum atomic E-state index is 0.0325. The summed E-state index contributed by atoms with van der Waals surface area (Å²) in [6.45, 7) is 10.8. The lowest BCUT2D eigenvalue weighted by molar-refractivity contribution is 0.0962. The number of halogens is 1. The van der Waals surface area contributed by atoms with Gasteiger partial charge < -0.3 is 9.64 Å². The second-order valence-electron chi connectivity index (χ2n) is 6.39. The molecule has 22 heavy (non-hydrogen) atoms. The monoisotopic (exact) mass is 323 g/mol. The predicted octanol–water partition coefficient (Wildman–Crippen LogP) is 4.41. The number of ether oxygens (including phenoxy) is 1. The minimum absolute atomic E-state index is 0.0325. The Morgan fingerprint density at radius 1 is 1.32 bits per heavy atom. The number of rotatable bonds is 6. The molecule has 1 aliphatic heterocycles. The Bertz CT molecular complexity index is 549. The molecular weight excluding hydrogens is 298 g/mol. The van der Waals surface area contributed by atoms with Gasteiger partial charge in [-0.1, -0.05) is 11.6 Å². The number of aryl methyl sites for hydroxylation is 1. The summed E-state index contributed by atoms with van der Waals surface area (Å²) in [5.74, 6) is 0.794. The third kappa shape index (κ3) is 4.02. The average molecular weight is 324 g/mol. The Morgan fingerprint density at radius 2 is 1.95 bits per heavy atom. The van der Waals surface area contributed by atoms with Crippen LogP contribution in [0.5, 0.6) is 5.75 Å². The second kappa shape index (κ2) is 7.47. The molecule has 122 valence electrons. The number of ketones is 1. The van der Waals surface area contributed by atoms with Crippen molar-refractivity contribution in [1.82, 2.24) is 4.90 Å². The number of benzene rings is 1. The molecule has 0 bridgehead atoms. The van der Waals surface area contributed by atoms with Gasteiger partial charge >= 0.3 is 0 Å². The predicted molar refractivity (Wildman–Crippen MR) is 91.3 cm³/mol. The van der Waals surface area contributed by atoms with Crippen LogP contribution < -0.4 is 4.74 Å². The maximum absolute atomic E-state index is 12.7. The Hall–Kier alpha value is -1.06. The molecule has 0 radical (unpaired) electrons. The number of Topliss-reactive ketones (excluding diaryl/α,β-unsaturated/α-hetero) is 1. The van der Waals surface area contributed by atoms with Crippen molar-refractivity contribution in [2.24, 2.45) is 0 Å². The van der Waals surface area contributed by atoms with Crippen molar-refractivity contribution in [2.75, 3.05) is 19.6 Å². The molecule has 0 N–H and O–H groups in total. The number of carbonyl (C=O) groups is 1. The van der Waals surface area contributed by atoms with Crippen LogP contribution in [-0.4, -0.2) is 36.4 Å². The van der Waals surface area contributed by atoms with E-state index in [0.29, 0.717) is 22.8 Å². The van der Waals surface area contributed by atoms with E-state index >= 15 is 0 Å². The van der Waals surface area contributed by atoms with Crippen LogP contribution in [0.3, 0.4) is 0 Å². The first kappa shape index (κ1) is 17.3. The van der Waals surface area contributed by atoms with Crippen LogP contribution in [0.1, 0.15) is 54.6 Å². The molecule has 1 fully saturated rings. The maximum atomic E-state index is 12.7. The van der Waals surface area contributed by atoms with Gasteiger partial charge in [0.15, 0.2) is 5.78 Å². The molecule has 1 saturated heterocycles. The van der Waals surface area contributed by atoms with Gasteiger partial charge in [0.25, 0.3) is 0 Å². The number of carbonyl (C=O) groups excluding carboxylic acids is 1. The third-order valence-electron chi connectivity index (χ3n) is 4.14. The van der Waals surface area contributed by atoms with Crippen LogP contribution in [0.25, 0.3) is 0 Å². The molecule has 0 aromatic heterocycles. The van der Waals surface area contributed by atoms with Gasteiger partial charge in [0.1, 0.15) is 5.75 Å². The van der Waals surface area contributed by atoms with Gasteiger partial charge in [-0.2, -0.15) is 0 Å². The lowest BCUT2D eigenvalue weighted by atomic mass is 9.98. The maximum Gasteiger partial charge on any atom is 0.168 e. The van der Waals surface area contributed by atoms with Crippen molar-refractivity contribution in [3.63, 3.8) is 0 Å². The topological polar surface area (TPSA) is 29.5 Å². The molecular formula is C18H26ClNO2. The van der Waals surface area contributed by atoms with E-state index in [2.05, 4.69) is 4.90 Å². The summed E-state index contributed by atoms with van der Waals surface area (Å²) < 4.78 is 5.86. The van der Waals surface area contributed by atoms with Crippen LogP contribution >= 0.6 is 11.6 Å². The number of hydrogen-bond acceptors (Lipinski definition) is 3. The number of hydrogen-bond donors (Lipinski definition) is 0. The zero-order valence-corrected chi connectivity index (χ0v) is 14.8. The van der Waals surface area contributed by atoms with E-state index in [0.717, 1.165) is 30.8 Å². The van der Waals surface area contributed by atoms with Gasteiger partial charge in [0.2, 0.25) is 0 Å². The van der Waals surface area contributed by atoms with Crippen molar-refractivity contribution >= 4 is 17.4 Å². The summed E-state index contributed by atoms with van der Waals surface area (Å²) in [5, 5.41) is 0.667. The second-order valence-corrected chi connectivity index (χ2v) is 6.77. The fraction of sp³-hybridized carbons (Fsp3) is 0.611. The molecule has 0 aliphatic carbocycles. The highest BCUT2D eigenvalue weighted by molar-refractivity contribution is 6.32. The molecule has 1 aromatic carbocycles. The van der Waals surface area contributed by atoms with Crippen molar-refractivity contribution < 1.29 is 9.53 Å². The molecule has 2 rings (SSSR count). The number of likely N-dealkylation sites (tertiary alicyclic amines) is 1. The molecule has 1 aromatic rings. The van der Waals surface area contributed by atoms with E-state index < -0.39 is 0 Å². The first-order valence-corrected chi connectivity index (χ1v) is 8.50. The van der Waals surface area contributed by atoms with E-state index in [9.17, 15) is 4.79 Å². The van der Waals surface area contributed by atoms with Gasteiger partial charge in [-0.15, -0.1) is 0 Å². The molecule has 0 atom stereocenters. The Labute approximate surface area is 138 Å². The van der Waals surface area contributed by atoms with Crippen molar-refractivity contribution in [2.45, 2.75) is 53.1 Å². The van der Waals surface area contributed by atoms with Crippen LogP contribution in [0, 0.1) is 13.8 Å². The molecule has 0 saturated carbocycles. The highest BCUT2D eigenvalue weighted by atomic mass is 35.5. The first-order valence-electron chi connectivity index (χ1n) is 8.12. The highest BCUT2D eigenvalue weighted by Gasteiger charge is 2.21. The van der Waals surface area contributed by atoms with Crippen LogP contribution in [0.2, 0.25) is 5.02 Å². The van der Waals surface area contributed by atoms with Crippen molar-refractivity contribution in [3.05, 3.63) is 27.8 Å². The SMILES string of the molecule is Cc1cc(OC(C)C)c(C(=O)CCN2CCCC2)c(C)c1Cl. The van der Waals surface area contributed by atoms with E-state index in [1.807, 2.05) is 33.8 Å². The largest absolute Gasteiger partial charge is 0.490 e. The smallest absolute Gasteiger partial charge is 0.168 e. The van der Waals surface area contributed by atoms with E-state index in [4.69, 9.17) is 16.3 Å². The van der Waals surface area contributed by atoms with Gasteiger partial charge in [-0.3, -0.25) is 4.79 Å². The summed E-state index contributed by atoms with van der Waals surface area (Å²) >= 11 is 6.34. The lowest BCUT2D eigenvalue weighted by Crippen LogP contribution is -2.23. The minimum Gasteiger partial charge on any atom is -0.490 e. The van der Waals surface area contributed by atoms with Gasteiger partial charge in [0.05, 0.1) is 11.7 Å². The van der Waals surface area contributed by atoms with Crippen LogP contribution in [-0.2, 0) is 0 Å². The molecule has 3 nitrogen and oxygen atoms in total. The molecule has 0 spiro atoms. The summed E-state index contributed by atoms with van der Waals surface area (Å²) in [5.41, 5.74) is 2.44. The summed E-state index contributed by atoms with van der Waals surface area (Å²) in [4.78, 5) is 15.1. The molecule has 1 heterocycles. The summed E-state index contributed by atoms with van der Waals surface area (Å²) in [7, 11) is 0. The Kier molecular flexibility index (Phi) is 5.87. The number of nitrogens with zero attached hydrogens (tertiary/aromatic N) is 1. The van der Waals surface area contributed by atoms with Gasteiger partial charge in [0, 0.05) is 18.0 Å². The van der Waals surface area contributed by atoms with Crippen molar-refractivity contribution in [3.8, 4) is 5.75 Å². The highest BCUT2D eigenvalue weighted by Crippen LogP contribution is 2.33. The molecule has 1 aliphatic rings. The van der Waals surface area contributed by atoms with E-state index in [1.165, 1.54) is 12.8 Å². The fourth-order valence-corrected chi connectivity index (χ4v) is 3.16. The van der Waals surface area contributed by atoms with Crippen LogP contribution in [0.4, 0.5) is 0 Å². The Morgan fingerprint density at radius 3 is 2.55 bits per heavy atom. The van der Waals surface area contributed by atoms with Crippen molar-refractivity contribution in [1.29, 1.82) is 0 Å². The zero-order chi connectivity index (χ0) is 16.3. The summed E-state index contributed by atoms with van der Waals surface area (Å²) in [6.07, 6.45) is 3.04. The Balaban J connectivity index is 2.22. The standard InChI is InChI=1S/C18H26ClNO2/c1-12(2)22-16-11-13(3)18(19)14(4)17(16)15(21)7-10-20-8-5-6-9-20/h11-12H,5-10H2,1-4H3. The lowest BCUT2D eigenvalue weighted by Gasteiger charge is -2.19. The van der Waals surface area contributed by atoms with Gasteiger partial charge in [-0.25, -0.2) is 0 Å². The summed E-state index contributed by atoms with van der Waals surface area (Å²) in [6, 6.07) is 1.89. The first-order chi connectivity index (χ1) is 10.4. The normalized spacial score (nSPS) is 15.5.